The van der Waals surface area contributed by atoms with Crippen molar-refractivity contribution in [2.45, 2.75) is 77.3 Å². The van der Waals surface area contributed by atoms with Crippen molar-refractivity contribution in [2.24, 2.45) is 5.92 Å². The minimum Gasteiger partial charge on any atom is -0.372 e. The predicted molar refractivity (Wildman–Crippen MR) is 282 cm³/mol. The van der Waals surface area contributed by atoms with E-state index in [1.807, 2.05) is 0 Å². The Morgan fingerprint density at radius 3 is 2.36 bits per heavy atom. The summed E-state index contributed by atoms with van der Waals surface area (Å²) in [6, 6.07) is 18.8. The van der Waals surface area contributed by atoms with Crippen LogP contribution >= 0.6 is 23.7 Å². The van der Waals surface area contributed by atoms with E-state index in [0.29, 0.717) is 28.7 Å². The molecule has 0 amide bonds. The molecule has 0 radical (unpaired) electrons. The number of hydrogen-bond donors (Lipinski definition) is 2. The lowest BCUT2D eigenvalue weighted by molar-refractivity contribution is 0.0944. The highest BCUT2D eigenvalue weighted by Crippen LogP contribution is 2.54. The number of hydrogen-bond acceptors (Lipinski definition) is 11. The molecule has 3 aromatic carbocycles. The number of anilines is 7. The van der Waals surface area contributed by atoms with Gasteiger partial charge in [-0.3, -0.25) is 9.21 Å². The number of allylic oxidation sites excluding steroid dienone is 3. The summed E-state index contributed by atoms with van der Waals surface area (Å²) in [5.74, 6) is 1.78. The topological polar surface area (TPSA) is 74.2 Å². The van der Waals surface area contributed by atoms with Gasteiger partial charge >= 0.3 is 0 Å². The van der Waals surface area contributed by atoms with Gasteiger partial charge < -0.3 is 29.9 Å². The number of piperidine rings is 3. The van der Waals surface area contributed by atoms with E-state index in [2.05, 4.69) is 137 Å². The molecule has 2 aromatic heterocycles. The SMILES string of the molecule is C=C1CCC(n2c(=C)c3ccc(N4CCC(C(=C)N5CCN(C6CCN(c7cc(CC)c(Nc8ncc(Cl)c(N9SN%10CCc%11cccc9c%11%10)n8)cc7C)CC6)CC5)CC4)cc3c2=C)C(=C)N1. The van der Waals surface area contributed by atoms with Gasteiger partial charge in [-0.25, -0.2) is 9.29 Å². The average Bonchev–Trinajstić information content (AvgIpc) is 4.02. The van der Waals surface area contributed by atoms with Crippen LogP contribution in [0.2, 0.25) is 5.02 Å². The van der Waals surface area contributed by atoms with Crippen LogP contribution in [0, 0.1) is 12.8 Å². The Hall–Kier alpha value is -5.56. The second-order valence-corrected chi connectivity index (χ2v) is 20.8. The summed E-state index contributed by atoms with van der Waals surface area (Å²) in [5.41, 5.74) is 13.3. The van der Waals surface area contributed by atoms with Crippen molar-refractivity contribution in [2.75, 3.05) is 82.6 Å². The summed E-state index contributed by atoms with van der Waals surface area (Å²) < 4.78 is 6.75. The number of piperazine rings is 1. The molecule has 0 aliphatic carbocycles. The smallest absolute Gasteiger partial charge is 0.229 e. The molecule has 11 nitrogen and oxygen atoms in total. The standard InChI is InChI=1S/C54H64ClN11S/c1-8-40-31-51(34(2)30-48(40)58-54-56-33-47(55)53(59-54)66-50-11-9-10-42-18-25-64(67-66)52(42)50)63-23-19-43(20-24-63)62-28-26-60(27-29-62)37(5)41-16-21-61(22-17-41)44-13-14-45-38(6)65(39(7)46(45)32-44)49-15-12-35(3)57-36(49)4/h9-11,13-14,30-33,41,43,49,57H,3-8,12,15-29H2,1-2H3,(H,56,58,59). The van der Waals surface area contributed by atoms with Gasteiger partial charge in [-0.1, -0.05) is 69.6 Å². The van der Waals surface area contributed by atoms with Gasteiger partial charge in [0.2, 0.25) is 5.95 Å². The molecular weight excluding hydrogens is 870 g/mol. The van der Waals surface area contributed by atoms with Crippen LogP contribution in [-0.4, -0.2) is 89.3 Å². The molecule has 5 aromatic rings. The predicted octanol–water partition coefficient (Wildman–Crippen LogP) is 9.57. The van der Waals surface area contributed by atoms with E-state index in [0.717, 1.165) is 131 Å². The number of nitrogens with one attached hydrogen (secondary N) is 2. The number of halogens is 1. The van der Waals surface area contributed by atoms with Crippen molar-refractivity contribution in [1.29, 1.82) is 0 Å². The summed E-state index contributed by atoms with van der Waals surface area (Å²) in [5, 5.41) is 11.9. The van der Waals surface area contributed by atoms with Crippen molar-refractivity contribution >= 4 is 87.9 Å². The molecule has 8 heterocycles. The largest absolute Gasteiger partial charge is 0.372 e. The molecule has 11 rings (SSSR count). The number of benzene rings is 3. The van der Waals surface area contributed by atoms with Gasteiger partial charge in [0.25, 0.3) is 0 Å². The lowest BCUT2D eigenvalue weighted by Crippen LogP contribution is -2.53. The first-order chi connectivity index (χ1) is 32.5. The average molecular weight is 935 g/mol. The molecule has 4 saturated heterocycles. The van der Waals surface area contributed by atoms with Gasteiger partial charge in [0, 0.05) is 126 Å². The number of fused-ring (bicyclic) bond motifs is 1. The number of nitrogens with zero attached hydrogens (tertiary/aromatic N) is 9. The molecule has 4 fully saturated rings. The zero-order valence-corrected chi connectivity index (χ0v) is 40.9. The van der Waals surface area contributed by atoms with Crippen molar-refractivity contribution in [3.05, 3.63) is 124 Å². The Morgan fingerprint density at radius 2 is 1.60 bits per heavy atom. The first kappa shape index (κ1) is 44.0. The van der Waals surface area contributed by atoms with Crippen LogP contribution in [0.1, 0.15) is 68.2 Å². The molecule has 2 N–H and O–H groups in total. The zero-order chi connectivity index (χ0) is 46.1. The minimum absolute atomic E-state index is 0.136. The van der Waals surface area contributed by atoms with Crippen LogP contribution in [0.25, 0.3) is 23.9 Å². The lowest BCUT2D eigenvalue weighted by atomic mass is 9.92. The number of aromatic nitrogens is 3. The Kier molecular flexibility index (Phi) is 11.7. The molecule has 0 spiro atoms. The van der Waals surface area contributed by atoms with Crippen molar-refractivity contribution in [3.63, 3.8) is 0 Å². The third-order valence-electron chi connectivity index (χ3n) is 15.6. The monoisotopic (exact) mass is 933 g/mol. The Morgan fingerprint density at radius 1 is 0.836 bits per heavy atom. The highest BCUT2D eigenvalue weighted by atomic mass is 35.5. The third kappa shape index (κ3) is 8.02. The second kappa shape index (κ2) is 17.8. The van der Waals surface area contributed by atoms with E-state index in [1.54, 1.807) is 18.3 Å². The normalized spacial score (nSPS) is 20.6. The van der Waals surface area contributed by atoms with Crippen LogP contribution < -0.4 is 39.7 Å². The summed E-state index contributed by atoms with van der Waals surface area (Å²) in [6.07, 6.45) is 10.2. The molecule has 67 heavy (non-hydrogen) atoms. The first-order valence-corrected chi connectivity index (χ1v) is 25.6. The number of para-hydroxylation sites is 1. The molecule has 13 heteroatoms. The molecule has 6 aliphatic heterocycles. The van der Waals surface area contributed by atoms with Crippen LogP contribution in [0.3, 0.4) is 0 Å². The number of aryl methyl sites for hydroxylation is 2. The van der Waals surface area contributed by atoms with Gasteiger partial charge in [0.15, 0.2) is 5.82 Å². The first-order valence-electron chi connectivity index (χ1n) is 24.5. The maximum absolute atomic E-state index is 6.76. The van der Waals surface area contributed by atoms with E-state index in [4.69, 9.17) is 23.2 Å². The van der Waals surface area contributed by atoms with E-state index in [-0.39, 0.29) is 6.04 Å². The maximum Gasteiger partial charge on any atom is 0.229 e. The molecule has 6 aliphatic rings. The quantitative estimate of drug-likeness (QED) is 0.132. The van der Waals surface area contributed by atoms with E-state index >= 15 is 0 Å². The van der Waals surface area contributed by atoms with Crippen LogP contribution in [0.5, 0.6) is 0 Å². The molecule has 0 saturated carbocycles. The Bertz CT molecular complexity index is 2890. The van der Waals surface area contributed by atoms with E-state index in [1.165, 1.54) is 63.1 Å². The van der Waals surface area contributed by atoms with E-state index < -0.39 is 0 Å². The van der Waals surface area contributed by atoms with Crippen molar-refractivity contribution in [3.8, 4) is 0 Å². The molecule has 0 bridgehead atoms. The fraction of sp³-hybridized carbons (Fsp3) is 0.407. The van der Waals surface area contributed by atoms with Gasteiger partial charge in [-0.15, -0.1) is 0 Å². The highest BCUT2D eigenvalue weighted by molar-refractivity contribution is 8.02. The van der Waals surface area contributed by atoms with Crippen molar-refractivity contribution < 1.29 is 0 Å². The second-order valence-electron chi connectivity index (χ2n) is 19.4. The zero-order valence-electron chi connectivity index (χ0n) is 39.3. The van der Waals surface area contributed by atoms with Crippen LogP contribution in [0.4, 0.5) is 40.2 Å². The fourth-order valence-electron chi connectivity index (χ4n) is 11.8. The number of rotatable bonds is 10. The minimum atomic E-state index is 0.136. The molecule has 348 valence electrons. The van der Waals surface area contributed by atoms with E-state index in [9.17, 15) is 0 Å². The van der Waals surface area contributed by atoms with Crippen LogP contribution in [-0.2, 0) is 12.8 Å². The fourth-order valence-corrected chi connectivity index (χ4v) is 13.2. The lowest BCUT2D eigenvalue weighted by Gasteiger charge is -2.46. The molecule has 1 atom stereocenters. The molecular formula is C54H64ClN11S. The Balaban J connectivity index is 0.668. The summed E-state index contributed by atoms with van der Waals surface area (Å²) in [4.78, 5) is 20.1. The molecule has 1 unspecified atom stereocenters. The highest BCUT2D eigenvalue weighted by Gasteiger charge is 2.37. The van der Waals surface area contributed by atoms with Crippen molar-refractivity contribution in [1.82, 2.24) is 29.7 Å². The summed E-state index contributed by atoms with van der Waals surface area (Å²) in [6.45, 7) is 36.2. The van der Waals surface area contributed by atoms with Gasteiger partial charge in [-0.05, 0) is 105 Å². The third-order valence-corrected chi connectivity index (χ3v) is 17.0. The van der Waals surface area contributed by atoms with Gasteiger partial charge in [0.1, 0.15) is 5.02 Å². The van der Waals surface area contributed by atoms with Gasteiger partial charge in [-0.2, -0.15) is 4.98 Å². The Labute approximate surface area is 405 Å². The van der Waals surface area contributed by atoms with Crippen LogP contribution in [0.15, 0.2) is 91.6 Å². The summed E-state index contributed by atoms with van der Waals surface area (Å²) >= 11 is 8.42. The van der Waals surface area contributed by atoms with Gasteiger partial charge in [0.05, 0.1) is 35.7 Å². The maximum atomic E-state index is 6.76. The summed E-state index contributed by atoms with van der Waals surface area (Å²) in [7, 11) is 0.